The molecule has 0 amide bonds. The van der Waals surface area contributed by atoms with Crippen LogP contribution >= 0.6 is 0 Å². The molecule has 0 aromatic heterocycles. The second-order valence-corrected chi connectivity index (χ2v) is 4.75. The number of hydrogen-bond donors (Lipinski definition) is 0. The highest BCUT2D eigenvalue weighted by Gasteiger charge is 2.18. The van der Waals surface area contributed by atoms with Crippen LogP contribution in [0.5, 0.6) is 0 Å². The third kappa shape index (κ3) is 2.92. The van der Waals surface area contributed by atoms with E-state index in [1.165, 1.54) is 12.8 Å². The van der Waals surface area contributed by atoms with Crippen molar-refractivity contribution in [1.29, 1.82) is 0 Å². The molecule has 0 unspecified atom stereocenters. The molecular weight excluding hydrogens is 198 g/mol. The molecule has 1 aliphatic rings. The highest BCUT2D eigenvalue weighted by Crippen LogP contribution is 2.16. The molecule has 0 bridgehead atoms. The molecule has 2 heteroatoms. The topological polar surface area (TPSA) is 20.3 Å². The summed E-state index contributed by atoms with van der Waals surface area (Å²) in [6.45, 7) is 5.01. The molecule has 2 nitrogen and oxygen atoms in total. The SMILES string of the molecule is CC1CCN(CC(=O)c2ccccc2)CC1. The molecule has 2 rings (SSSR count). The fraction of sp³-hybridized carbons (Fsp3) is 0.500. The monoisotopic (exact) mass is 217 g/mol. The van der Waals surface area contributed by atoms with Crippen LogP contribution in [-0.2, 0) is 0 Å². The van der Waals surface area contributed by atoms with Gasteiger partial charge in [-0.1, -0.05) is 37.3 Å². The van der Waals surface area contributed by atoms with E-state index in [1.807, 2.05) is 30.3 Å². The highest BCUT2D eigenvalue weighted by atomic mass is 16.1. The third-order valence-electron chi connectivity index (χ3n) is 3.34. The van der Waals surface area contributed by atoms with Gasteiger partial charge in [-0.2, -0.15) is 0 Å². The van der Waals surface area contributed by atoms with Crippen LogP contribution in [0.4, 0.5) is 0 Å². The van der Waals surface area contributed by atoms with Crippen molar-refractivity contribution in [3.05, 3.63) is 35.9 Å². The Labute approximate surface area is 97.3 Å². The summed E-state index contributed by atoms with van der Waals surface area (Å²) in [6.07, 6.45) is 2.45. The molecule has 0 spiro atoms. The number of rotatable bonds is 3. The average Bonchev–Trinajstić information content (AvgIpc) is 2.33. The molecule has 86 valence electrons. The van der Waals surface area contributed by atoms with Crippen LogP contribution in [0.3, 0.4) is 0 Å². The van der Waals surface area contributed by atoms with Gasteiger partial charge in [0.05, 0.1) is 6.54 Å². The Bertz CT molecular complexity index is 339. The smallest absolute Gasteiger partial charge is 0.176 e. The molecule has 1 saturated heterocycles. The van der Waals surface area contributed by atoms with Gasteiger partial charge in [-0.3, -0.25) is 9.69 Å². The molecular formula is C14H19NO. The van der Waals surface area contributed by atoms with Gasteiger partial charge < -0.3 is 0 Å². The normalized spacial score (nSPS) is 18.6. The lowest BCUT2D eigenvalue weighted by atomic mass is 9.99. The molecule has 0 radical (unpaired) electrons. The number of ketones is 1. The number of Topliss-reactive ketones (excluding diaryl/α,β-unsaturated/α-hetero) is 1. The zero-order valence-corrected chi connectivity index (χ0v) is 9.86. The molecule has 0 N–H and O–H groups in total. The first-order valence-electron chi connectivity index (χ1n) is 6.06. The molecule has 1 fully saturated rings. The summed E-state index contributed by atoms with van der Waals surface area (Å²) in [4.78, 5) is 14.2. The van der Waals surface area contributed by atoms with Crippen LogP contribution in [0.15, 0.2) is 30.3 Å². The highest BCUT2D eigenvalue weighted by molar-refractivity contribution is 5.97. The van der Waals surface area contributed by atoms with E-state index in [1.54, 1.807) is 0 Å². The quantitative estimate of drug-likeness (QED) is 0.725. The molecule has 1 aliphatic heterocycles. The minimum absolute atomic E-state index is 0.246. The average molecular weight is 217 g/mol. The summed E-state index contributed by atoms with van der Waals surface area (Å²) in [5, 5.41) is 0. The minimum atomic E-state index is 0.246. The zero-order valence-electron chi connectivity index (χ0n) is 9.86. The van der Waals surface area contributed by atoms with E-state index in [9.17, 15) is 4.79 Å². The molecule has 1 aromatic carbocycles. The Morgan fingerprint density at radius 3 is 2.50 bits per heavy atom. The predicted octanol–water partition coefficient (Wildman–Crippen LogP) is 2.60. The van der Waals surface area contributed by atoms with Gasteiger partial charge in [0, 0.05) is 5.56 Å². The number of benzene rings is 1. The summed E-state index contributed by atoms with van der Waals surface area (Å²) < 4.78 is 0. The van der Waals surface area contributed by atoms with Gasteiger partial charge in [-0.15, -0.1) is 0 Å². The van der Waals surface area contributed by atoms with Crippen molar-refractivity contribution in [2.24, 2.45) is 5.92 Å². The predicted molar refractivity (Wildman–Crippen MR) is 65.6 cm³/mol. The largest absolute Gasteiger partial charge is 0.296 e. The third-order valence-corrected chi connectivity index (χ3v) is 3.34. The summed E-state index contributed by atoms with van der Waals surface area (Å²) in [5.41, 5.74) is 0.834. The van der Waals surface area contributed by atoms with E-state index in [4.69, 9.17) is 0 Å². The Morgan fingerprint density at radius 2 is 1.88 bits per heavy atom. The van der Waals surface area contributed by atoms with Crippen molar-refractivity contribution < 1.29 is 4.79 Å². The second kappa shape index (κ2) is 5.26. The van der Waals surface area contributed by atoms with Crippen LogP contribution in [0.1, 0.15) is 30.1 Å². The maximum absolute atomic E-state index is 12.0. The van der Waals surface area contributed by atoms with Crippen LogP contribution in [-0.4, -0.2) is 30.3 Å². The van der Waals surface area contributed by atoms with Crippen molar-refractivity contribution >= 4 is 5.78 Å². The summed E-state index contributed by atoms with van der Waals surface area (Å²) in [6, 6.07) is 9.58. The number of likely N-dealkylation sites (tertiary alicyclic amines) is 1. The summed E-state index contributed by atoms with van der Waals surface area (Å²) in [7, 11) is 0. The second-order valence-electron chi connectivity index (χ2n) is 4.75. The lowest BCUT2D eigenvalue weighted by Gasteiger charge is -2.29. The Balaban J connectivity index is 1.88. The molecule has 16 heavy (non-hydrogen) atoms. The first-order chi connectivity index (χ1) is 7.75. The standard InChI is InChI=1S/C14H19NO/c1-12-7-9-15(10-8-12)11-14(16)13-5-3-2-4-6-13/h2-6,12H,7-11H2,1H3. The molecule has 1 heterocycles. The van der Waals surface area contributed by atoms with E-state index in [0.717, 1.165) is 24.6 Å². The van der Waals surface area contributed by atoms with Crippen molar-refractivity contribution in [1.82, 2.24) is 4.90 Å². The van der Waals surface area contributed by atoms with Gasteiger partial charge in [0.2, 0.25) is 0 Å². The molecule has 0 aliphatic carbocycles. The van der Waals surface area contributed by atoms with Crippen molar-refractivity contribution in [2.75, 3.05) is 19.6 Å². The van der Waals surface area contributed by atoms with Gasteiger partial charge in [-0.25, -0.2) is 0 Å². The van der Waals surface area contributed by atoms with Crippen LogP contribution in [0.25, 0.3) is 0 Å². The van der Waals surface area contributed by atoms with Crippen LogP contribution in [0.2, 0.25) is 0 Å². The van der Waals surface area contributed by atoms with Crippen molar-refractivity contribution in [3.63, 3.8) is 0 Å². The minimum Gasteiger partial charge on any atom is -0.296 e. The summed E-state index contributed by atoms with van der Waals surface area (Å²) >= 11 is 0. The van der Waals surface area contributed by atoms with Crippen LogP contribution in [0, 0.1) is 5.92 Å². The molecule has 0 atom stereocenters. The van der Waals surface area contributed by atoms with E-state index in [-0.39, 0.29) is 5.78 Å². The number of piperidine rings is 1. The maximum atomic E-state index is 12.0. The lowest BCUT2D eigenvalue weighted by Crippen LogP contribution is -2.36. The lowest BCUT2D eigenvalue weighted by molar-refractivity contribution is 0.0900. The van der Waals surface area contributed by atoms with Gasteiger partial charge in [-0.05, 0) is 31.8 Å². The Hall–Kier alpha value is -1.15. The number of carbonyl (C=O) groups excluding carboxylic acids is 1. The first-order valence-corrected chi connectivity index (χ1v) is 6.06. The van der Waals surface area contributed by atoms with E-state index < -0.39 is 0 Å². The van der Waals surface area contributed by atoms with E-state index in [2.05, 4.69) is 11.8 Å². The molecule has 0 saturated carbocycles. The molecule has 1 aromatic rings. The van der Waals surface area contributed by atoms with Crippen molar-refractivity contribution in [3.8, 4) is 0 Å². The van der Waals surface area contributed by atoms with Gasteiger partial charge in [0.15, 0.2) is 5.78 Å². The van der Waals surface area contributed by atoms with E-state index >= 15 is 0 Å². The number of nitrogens with zero attached hydrogens (tertiary/aromatic N) is 1. The van der Waals surface area contributed by atoms with Crippen LogP contribution < -0.4 is 0 Å². The van der Waals surface area contributed by atoms with Gasteiger partial charge in [0.25, 0.3) is 0 Å². The maximum Gasteiger partial charge on any atom is 0.176 e. The Morgan fingerprint density at radius 1 is 1.25 bits per heavy atom. The van der Waals surface area contributed by atoms with Gasteiger partial charge in [0.1, 0.15) is 0 Å². The fourth-order valence-electron chi connectivity index (χ4n) is 2.14. The first kappa shape index (κ1) is 11.3. The number of hydrogen-bond acceptors (Lipinski definition) is 2. The fourth-order valence-corrected chi connectivity index (χ4v) is 2.14. The zero-order chi connectivity index (χ0) is 11.4. The summed E-state index contributed by atoms with van der Waals surface area (Å²) in [5.74, 6) is 1.07. The number of carbonyl (C=O) groups is 1. The van der Waals surface area contributed by atoms with Crippen molar-refractivity contribution in [2.45, 2.75) is 19.8 Å². The Kier molecular flexibility index (Phi) is 3.73. The van der Waals surface area contributed by atoms with E-state index in [0.29, 0.717) is 6.54 Å². The van der Waals surface area contributed by atoms with Gasteiger partial charge >= 0.3 is 0 Å².